The lowest BCUT2D eigenvalue weighted by Gasteiger charge is -2.34. The van der Waals surface area contributed by atoms with Gasteiger partial charge in [-0.1, -0.05) is 26.5 Å². The number of carbonyl (C=O) groups is 1. The summed E-state index contributed by atoms with van der Waals surface area (Å²) in [5, 5.41) is 0. The molecule has 1 atom stereocenters. The van der Waals surface area contributed by atoms with E-state index in [2.05, 4.69) is 6.58 Å². The summed E-state index contributed by atoms with van der Waals surface area (Å²) in [7, 11) is 0. The molecule has 2 nitrogen and oxygen atoms in total. The Balaban J connectivity index is 2.47. The molecule has 0 bridgehead atoms. The molecule has 1 aliphatic carbocycles. The molecule has 0 radical (unpaired) electrons. The minimum atomic E-state index is -0.729. The summed E-state index contributed by atoms with van der Waals surface area (Å²) in [6, 6.07) is 4.73. The third-order valence-corrected chi connectivity index (χ3v) is 3.85. The molecule has 0 saturated carbocycles. The zero-order valence-electron chi connectivity index (χ0n) is 11.6. The number of hydrogen-bond acceptors (Lipinski definition) is 2. The Labute approximate surface area is 113 Å². The van der Waals surface area contributed by atoms with Gasteiger partial charge < -0.3 is 4.74 Å². The number of carbonyl (C=O) groups excluding carboxylic acids is 1. The monoisotopic (exact) mass is 262 g/mol. The molecule has 0 heterocycles. The van der Waals surface area contributed by atoms with Crippen LogP contribution in [0.3, 0.4) is 0 Å². The molecular weight excluding hydrogens is 243 g/mol. The van der Waals surface area contributed by atoms with E-state index in [9.17, 15) is 9.18 Å². The molecule has 3 heteroatoms. The molecule has 2 rings (SSSR count). The van der Waals surface area contributed by atoms with E-state index >= 15 is 0 Å². The lowest BCUT2D eigenvalue weighted by Crippen LogP contribution is -2.35. The summed E-state index contributed by atoms with van der Waals surface area (Å²) in [5.41, 5.74) is 1.50. The maximum absolute atomic E-state index is 13.5. The number of benzene rings is 1. The number of halogens is 1. The maximum atomic E-state index is 13.5. The standard InChI is InChI=1S/C16H19FO2/c1-10(2)15(18)19-16(11(3)4)8-7-12-5-6-13(17)9-14(12)16/h5-6,9,11H,1,7-8H2,2-4H3. The Morgan fingerprint density at radius 2 is 2.16 bits per heavy atom. The van der Waals surface area contributed by atoms with Crippen LogP contribution in [0.5, 0.6) is 0 Å². The van der Waals surface area contributed by atoms with Crippen molar-refractivity contribution in [2.75, 3.05) is 0 Å². The van der Waals surface area contributed by atoms with E-state index in [0.29, 0.717) is 12.0 Å². The van der Waals surface area contributed by atoms with Crippen molar-refractivity contribution in [3.8, 4) is 0 Å². The molecule has 1 aromatic carbocycles. The second kappa shape index (κ2) is 4.80. The summed E-state index contributed by atoms with van der Waals surface area (Å²) in [6.45, 7) is 9.22. The first kappa shape index (κ1) is 13.8. The van der Waals surface area contributed by atoms with Gasteiger partial charge >= 0.3 is 5.97 Å². The number of fused-ring (bicyclic) bond motifs is 1. The van der Waals surface area contributed by atoms with Crippen LogP contribution < -0.4 is 0 Å². The van der Waals surface area contributed by atoms with E-state index < -0.39 is 11.6 Å². The highest BCUT2D eigenvalue weighted by molar-refractivity contribution is 5.87. The second-order valence-corrected chi connectivity index (χ2v) is 5.52. The molecule has 0 fully saturated rings. The summed E-state index contributed by atoms with van der Waals surface area (Å²) in [5.74, 6) is -0.623. The number of hydrogen-bond donors (Lipinski definition) is 0. The third kappa shape index (κ3) is 2.29. The van der Waals surface area contributed by atoms with Crippen LogP contribution >= 0.6 is 0 Å². The zero-order chi connectivity index (χ0) is 14.2. The molecule has 0 spiro atoms. The van der Waals surface area contributed by atoms with E-state index in [1.807, 2.05) is 13.8 Å². The normalized spacial score (nSPS) is 21.3. The maximum Gasteiger partial charge on any atom is 0.334 e. The Hall–Kier alpha value is -1.64. The van der Waals surface area contributed by atoms with Crippen LogP contribution in [0.25, 0.3) is 0 Å². The van der Waals surface area contributed by atoms with E-state index in [0.717, 1.165) is 17.5 Å². The van der Waals surface area contributed by atoms with Crippen LogP contribution in [0, 0.1) is 11.7 Å². The highest BCUT2D eigenvalue weighted by atomic mass is 19.1. The van der Waals surface area contributed by atoms with Gasteiger partial charge in [0.05, 0.1) is 0 Å². The van der Waals surface area contributed by atoms with E-state index in [1.165, 1.54) is 12.1 Å². The lowest BCUT2D eigenvalue weighted by atomic mass is 9.84. The third-order valence-electron chi connectivity index (χ3n) is 3.85. The smallest absolute Gasteiger partial charge is 0.334 e. The van der Waals surface area contributed by atoms with Gasteiger partial charge in [0.2, 0.25) is 0 Å². The Morgan fingerprint density at radius 3 is 2.74 bits per heavy atom. The van der Waals surface area contributed by atoms with Crippen molar-refractivity contribution >= 4 is 5.97 Å². The fraction of sp³-hybridized carbons (Fsp3) is 0.438. The second-order valence-electron chi connectivity index (χ2n) is 5.52. The molecular formula is C16H19FO2. The van der Waals surface area contributed by atoms with Crippen LogP contribution in [0.15, 0.2) is 30.4 Å². The fourth-order valence-electron chi connectivity index (χ4n) is 2.69. The van der Waals surface area contributed by atoms with Crippen LogP contribution in [0.4, 0.5) is 4.39 Å². The first-order valence-corrected chi connectivity index (χ1v) is 6.54. The average Bonchev–Trinajstić information content (AvgIpc) is 2.69. The number of ether oxygens (including phenoxy) is 1. The molecule has 0 N–H and O–H groups in total. The van der Waals surface area contributed by atoms with Gasteiger partial charge in [-0.2, -0.15) is 0 Å². The molecule has 1 unspecified atom stereocenters. The van der Waals surface area contributed by atoms with E-state index in [-0.39, 0.29) is 11.7 Å². The van der Waals surface area contributed by atoms with Crippen LogP contribution in [0.1, 0.15) is 38.3 Å². The van der Waals surface area contributed by atoms with Gasteiger partial charge in [0, 0.05) is 11.1 Å². The largest absolute Gasteiger partial charge is 0.451 e. The van der Waals surface area contributed by atoms with Gasteiger partial charge in [0.1, 0.15) is 11.4 Å². The lowest BCUT2D eigenvalue weighted by molar-refractivity contribution is -0.161. The van der Waals surface area contributed by atoms with Crippen molar-refractivity contribution in [1.29, 1.82) is 0 Å². The summed E-state index contributed by atoms with van der Waals surface area (Å²) in [4.78, 5) is 11.9. The van der Waals surface area contributed by atoms with Gasteiger partial charge in [-0.05, 0) is 43.4 Å². The van der Waals surface area contributed by atoms with Crippen LogP contribution in [-0.2, 0) is 21.6 Å². The Kier molecular flexibility index (Phi) is 3.48. The van der Waals surface area contributed by atoms with E-state index in [1.54, 1.807) is 13.0 Å². The van der Waals surface area contributed by atoms with Crippen molar-refractivity contribution in [3.63, 3.8) is 0 Å². The van der Waals surface area contributed by atoms with Crippen LogP contribution in [0.2, 0.25) is 0 Å². The van der Waals surface area contributed by atoms with Crippen molar-refractivity contribution < 1.29 is 13.9 Å². The quantitative estimate of drug-likeness (QED) is 0.612. The number of aryl methyl sites for hydroxylation is 1. The SMILES string of the molecule is C=C(C)C(=O)OC1(C(C)C)CCc2ccc(F)cc21. The van der Waals surface area contributed by atoms with Crippen molar-refractivity contribution in [2.24, 2.45) is 5.92 Å². The minimum Gasteiger partial charge on any atom is -0.451 e. The Morgan fingerprint density at radius 1 is 1.47 bits per heavy atom. The summed E-state index contributed by atoms with van der Waals surface area (Å²) >= 11 is 0. The van der Waals surface area contributed by atoms with Gasteiger partial charge in [-0.25, -0.2) is 9.18 Å². The molecule has 1 aromatic rings. The number of rotatable bonds is 3. The first-order valence-electron chi connectivity index (χ1n) is 6.54. The van der Waals surface area contributed by atoms with Crippen molar-refractivity contribution in [1.82, 2.24) is 0 Å². The van der Waals surface area contributed by atoms with Gasteiger partial charge in [-0.15, -0.1) is 0 Å². The average molecular weight is 262 g/mol. The predicted octanol–water partition coefficient (Wildman–Crippen LogP) is 3.74. The minimum absolute atomic E-state index is 0.0823. The van der Waals surface area contributed by atoms with E-state index in [4.69, 9.17) is 4.74 Å². The topological polar surface area (TPSA) is 26.3 Å². The van der Waals surface area contributed by atoms with Crippen molar-refractivity contribution in [3.05, 3.63) is 47.3 Å². The molecule has 1 aliphatic rings. The molecule has 102 valence electrons. The highest BCUT2D eigenvalue weighted by Gasteiger charge is 2.45. The highest BCUT2D eigenvalue weighted by Crippen LogP contribution is 2.45. The fourth-order valence-corrected chi connectivity index (χ4v) is 2.69. The molecule has 0 aliphatic heterocycles. The van der Waals surface area contributed by atoms with Crippen LogP contribution in [-0.4, -0.2) is 5.97 Å². The predicted molar refractivity (Wildman–Crippen MR) is 72.1 cm³/mol. The van der Waals surface area contributed by atoms with Gasteiger partial charge in [0.25, 0.3) is 0 Å². The van der Waals surface area contributed by atoms with Crippen molar-refractivity contribution in [2.45, 2.75) is 39.2 Å². The summed E-state index contributed by atoms with van der Waals surface area (Å²) in [6.07, 6.45) is 1.50. The van der Waals surface area contributed by atoms with Gasteiger partial charge in [-0.3, -0.25) is 0 Å². The zero-order valence-corrected chi connectivity index (χ0v) is 11.6. The van der Waals surface area contributed by atoms with Gasteiger partial charge in [0.15, 0.2) is 0 Å². The Bertz CT molecular complexity index is 534. The molecule has 19 heavy (non-hydrogen) atoms. The summed E-state index contributed by atoms with van der Waals surface area (Å²) < 4.78 is 19.2. The number of esters is 1. The molecule has 0 amide bonds. The first-order chi connectivity index (χ1) is 8.86. The molecule has 0 saturated heterocycles. The molecule has 0 aromatic heterocycles.